The lowest BCUT2D eigenvalue weighted by Crippen LogP contribution is -2.49. The van der Waals surface area contributed by atoms with E-state index in [9.17, 15) is 4.79 Å². The molecule has 0 saturated carbocycles. The van der Waals surface area contributed by atoms with E-state index in [4.69, 9.17) is 34.8 Å². The van der Waals surface area contributed by atoms with E-state index in [-0.39, 0.29) is 5.91 Å². The molecule has 1 saturated heterocycles. The molecular formula is C21H17Cl3N4O. The van der Waals surface area contributed by atoms with Gasteiger partial charge in [0.2, 0.25) is 0 Å². The van der Waals surface area contributed by atoms with Crippen LogP contribution < -0.4 is 4.90 Å². The van der Waals surface area contributed by atoms with Gasteiger partial charge in [0.1, 0.15) is 0 Å². The van der Waals surface area contributed by atoms with E-state index < -0.39 is 0 Å². The SMILES string of the molecule is O=C(c1ccc(Cl)cc1Cl)N1CCN(c2ccc(-c3ccccc3Cl)nn2)CC1. The highest BCUT2D eigenvalue weighted by Gasteiger charge is 2.24. The van der Waals surface area contributed by atoms with Crippen molar-refractivity contribution in [3.63, 3.8) is 0 Å². The Balaban J connectivity index is 1.42. The molecule has 1 aromatic heterocycles. The van der Waals surface area contributed by atoms with Crippen molar-refractivity contribution < 1.29 is 4.79 Å². The number of anilines is 1. The van der Waals surface area contributed by atoms with E-state index in [0.29, 0.717) is 46.8 Å². The van der Waals surface area contributed by atoms with Crippen LogP contribution in [0.25, 0.3) is 11.3 Å². The first-order chi connectivity index (χ1) is 14.0. The molecule has 3 aromatic rings. The summed E-state index contributed by atoms with van der Waals surface area (Å²) in [7, 11) is 0. The normalized spacial score (nSPS) is 14.2. The number of aromatic nitrogens is 2. The summed E-state index contributed by atoms with van der Waals surface area (Å²) in [4.78, 5) is 16.6. The van der Waals surface area contributed by atoms with Gasteiger partial charge in [-0.15, -0.1) is 10.2 Å². The molecule has 5 nitrogen and oxygen atoms in total. The zero-order chi connectivity index (χ0) is 20.4. The van der Waals surface area contributed by atoms with Crippen molar-refractivity contribution in [1.82, 2.24) is 15.1 Å². The number of carbonyl (C=O) groups excluding carboxylic acids is 1. The van der Waals surface area contributed by atoms with Gasteiger partial charge in [-0.2, -0.15) is 0 Å². The van der Waals surface area contributed by atoms with Crippen molar-refractivity contribution in [3.8, 4) is 11.3 Å². The van der Waals surface area contributed by atoms with Gasteiger partial charge in [0, 0.05) is 36.8 Å². The number of hydrogen-bond acceptors (Lipinski definition) is 4. The topological polar surface area (TPSA) is 49.3 Å². The standard InChI is InChI=1S/C21H17Cl3N4O/c22-14-5-6-16(18(24)13-14)21(29)28-11-9-27(10-12-28)20-8-7-19(25-26-20)15-3-1-2-4-17(15)23/h1-8,13H,9-12H2. The minimum Gasteiger partial charge on any atom is -0.352 e. The summed E-state index contributed by atoms with van der Waals surface area (Å²) >= 11 is 18.3. The van der Waals surface area contributed by atoms with Crippen molar-refractivity contribution in [2.75, 3.05) is 31.1 Å². The molecule has 2 aromatic carbocycles. The first-order valence-corrected chi connectivity index (χ1v) is 10.2. The molecule has 0 aliphatic carbocycles. The van der Waals surface area contributed by atoms with Crippen molar-refractivity contribution in [2.45, 2.75) is 0 Å². The van der Waals surface area contributed by atoms with Gasteiger partial charge in [0.05, 0.1) is 21.3 Å². The first kappa shape index (κ1) is 20.0. The summed E-state index contributed by atoms with van der Waals surface area (Å²) in [5.41, 5.74) is 2.04. The maximum absolute atomic E-state index is 12.7. The number of benzene rings is 2. The van der Waals surface area contributed by atoms with Gasteiger partial charge >= 0.3 is 0 Å². The maximum atomic E-state index is 12.7. The van der Waals surface area contributed by atoms with E-state index in [0.717, 1.165) is 17.1 Å². The molecule has 29 heavy (non-hydrogen) atoms. The smallest absolute Gasteiger partial charge is 0.255 e. The Labute approximate surface area is 183 Å². The molecule has 1 aliphatic heterocycles. The van der Waals surface area contributed by atoms with Gasteiger partial charge in [-0.05, 0) is 36.4 Å². The fourth-order valence-electron chi connectivity index (χ4n) is 3.28. The van der Waals surface area contributed by atoms with Gasteiger partial charge in [0.25, 0.3) is 5.91 Å². The van der Waals surface area contributed by atoms with E-state index in [1.807, 2.05) is 36.4 Å². The molecule has 1 amide bonds. The zero-order valence-electron chi connectivity index (χ0n) is 15.4. The van der Waals surface area contributed by atoms with Crippen LogP contribution in [0.3, 0.4) is 0 Å². The molecule has 148 valence electrons. The number of hydrogen-bond donors (Lipinski definition) is 0. The Morgan fingerprint density at radius 3 is 2.24 bits per heavy atom. The average molecular weight is 448 g/mol. The molecular weight excluding hydrogens is 431 g/mol. The van der Waals surface area contributed by atoms with Crippen molar-refractivity contribution in [3.05, 3.63) is 75.2 Å². The van der Waals surface area contributed by atoms with Gasteiger partial charge in [-0.25, -0.2) is 0 Å². The highest BCUT2D eigenvalue weighted by Crippen LogP contribution is 2.27. The Kier molecular flexibility index (Phi) is 5.90. The van der Waals surface area contributed by atoms with Gasteiger partial charge in [-0.3, -0.25) is 4.79 Å². The molecule has 1 aliphatic rings. The molecule has 0 unspecified atom stereocenters. The lowest BCUT2D eigenvalue weighted by molar-refractivity contribution is 0.0746. The summed E-state index contributed by atoms with van der Waals surface area (Å²) < 4.78 is 0. The summed E-state index contributed by atoms with van der Waals surface area (Å²) in [5.74, 6) is 0.684. The van der Waals surface area contributed by atoms with Gasteiger partial charge < -0.3 is 9.80 Å². The van der Waals surface area contributed by atoms with Gasteiger partial charge in [0.15, 0.2) is 5.82 Å². The molecule has 8 heteroatoms. The van der Waals surface area contributed by atoms with E-state index in [1.165, 1.54) is 0 Å². The van der Waals surface area contributed by atoms with Crippen LogP contribution in [0.5, 0.6) is 0 Å². The Bertz CT molecular complexity index is 1030. The van der Waals surface area contributed by atoms with Gasteiger partial charge in [-0.1, -0.05) is 53.0 Å². The number of amides is 1. The molecule has 0 bridgehead atoms. The van der Waals surface area contributed by atoms with Crippen LogP contribution in [0.4, 0.5) is 5.82 Å². The molecule has 2 heterocycles. The summed E-state index contributed by atoms with van der Waals surface area (Å²) in [6.07, 6.45) is 0. The molecule has 0 N–H and O–H groups in total. The number of carbonyl (C=O) groups is 1. The van der Waals surface area contributed by atoms with Crippen molar-refractivity contribution in [2.24, 2.45) is 0 Å². The molecule has 1 fully saturated rings. The minimum absolute atomic E-state index is 0.0912. The number of piperazine rings is 1. The Morgan fingerprint density at radius 2 is 1.59 bits per heavy atom. The van der Waals surface area contributed by atoms with Crippen LogP contribution in [-0.2, 0) is 0 Å². The number of nitrogens with zero attached hydrogens (tertiary/aromatic N) is 4. The third-order valence-electron chi connectivity index (χ3n) is 4.85. The van der Waals surface area contributed by atoms with E-state index in [1.54, 1.807) is 23.1 Å². The highest BCUT2D eigenvalue weighted by atomic mass is 35.5. The van der Waals surface area contributed by atoms with E-state index >= 15 is 0 Å². The summed E-state index contributed by atoms with van der Waals surface area (Å²) in [5, 5.41) is 10.2. The highest BCUT2D eigenvalue weighted by molar-refractivity contribution is 6.36. The molecule has 0 atom stereocenters. The summed E-state index contributed by atoms with van der Waals surface area (Å²) in [6, 6.07) is 16.3. The van der Waals surface area contributed by atoms with Crippen LogP contribution >= 0.6 is 34.8 Å². The Hall–Kier alpha value is -2.34. The number of rotatable bonds is 3. The predicted molar refractivity (Wildman–Crippen MR) is 117 cm³/mol. The third-order valence-corrected chi connectivity index (χ3v) is 5.73. The number of halogens is 3. The van der Waals surface area contributed by atoms with Crippen LogP contribution in [0.2, 0.25) is 15.1 Å². The van der Waals surface area contributed by atoms with Crippen molar-refractivity contribution >= 4 is 46.5 Å². The second-order valence-corrected chi connectivity index (χ2v) is 7.91. The average Bonchev–Trinajstić information content (AvgIpc) is 2.74. The van der Waals surface area contributed by atoms with E-state index in [2.05, 4.69) is 15.1 Å². The monoisotopic (exact) mass is 446 g/mol. The predicted octanol–water partition coefficient (Wildman–Crippen LogP) is 5.07. The van der Waals surface area contributed by atoms with Crippen LogP contribution in [-0.4, -0.2) is 47.2 Å². The van der Waals surface area contributed by atoms with Crippen LogP contribution in [0.15, 0.2) is 54.6 Å². The maximum Gasteiger partial charge on any atom is 0.255 e. The lowest BCUT2D eigenvalue weighted by Gasteiger charge is -2.35. The largest absolute Gasteiger partial charge is 0.352 e. The van der Waals surface area contributed by atoms with Crippen LogP contribution in [0, 0.1) is 0 Å². The fraction of sp³-hybridized carbons (Fsp3) is 0.190. The summed E-state index contributed by atoms with van der Waals surface area (Å²) in [6.45, 7) is 2.48. The Morgan fingerprint density at radius 1 is 0.828 bits per heavy atom. The first-order valence-electron chi connectivity index (χ1n) is 9.11. The quantitative estimate of drug-likeness (QED) is 0.563. The molecule has 4 rings (SSSR count). The molecule has 0 radical (unpaired) electrons. The molecule has 0 spiro atoms. The second kappa shape index (κ2) is 8.57. The minimum atomic E-state index is -0.0912. The zero-order valence-corrected chi connectivity index (χ0v) is 17.6. The lowest BCUT2D eigenvalue weighted by atomic mass is 10.1. The third kappa shape index (κ3) is 4.32. The van der Waals surface area contributed by atoms with Crippen molar-refractivity contribution in [1.29, 1.82) is 0 Å². The van der Waals surface area contributed by atoms with Crippen LogP contribution in [0.1, 0.15) is 10.4 Å². The second-order valence-electron chi connectivity index (χ2n) is 6.66. The fourth-order valence-corrected chi connectivity index (χ4v) is 4.00.